The van der Waals surface area contributed by atoms with Crippen molar-refractivity contribution in [1.82, 2.24) is 0 Å². The molecule has 60 valence electrons. The number of rotatable bonds is 2. The molecular formula is C4H6O4S2-2. The van der Waals surface area contributed by atoms with Crippen LogP contribution < -0.4 is 0 Å². The lowest BCUT2D eigenvalue weighted by Crippen LogP contribution is -1.71. The summed E-state index contributed by atoms with van der Waals surface area (Å²) in [6.45, 7) is 5.90. The fraction of sp³-hybridized carbons (Fsp3) is 0. The van der Waals surface area contributed by atoms with E-state index in [0.717, 1.165) is 10.8 Å². The Labute approximate surface area is 64.2 Å². The van der Waals surface area contributed by atoms with Gasteiger partial charge in [-0.05, 0) is 33.0 Å². The second kappa shape index (κ2) is 8.70. The minimum absolute atomic E-state index is 0.833. The van der Waals surface area contributed by atoms with E-state index in [2.05, 4.69) is 13.2 Å². The van der Waals surface area contributed by atoms with Crippen LogP contribution in [0.5, 0.6) is 0 Å². The van der Waals surface area contributed by atoms with Crippen LogP contribution in [0, 0.1) is 0 Å². The maximum absolute atomic E-state index is 9.25. The van der Waals surface area contributed by atoms with Gasteiger partial charge in [-0.15, -0.1) is 0 Å². The number of hydrogen-bond donors (Lipinski definition) is 0. The zero-order valence-corrected chi connectivity index (χ0v) is 6.65. The lowest BCUT2D eigenvalue weighted by molar-refractivity contribution is 0.545. The summed E-state index contributed by atoms with van der Waals surface area (Å²) in [6, 6.07) is 0. The van der Waals surface area contributed by atoms with Crippen LogP contribution in [0.2, 0.25) is 0 Å². The lowest BCUT2D eigenvalue weighted by Gasteiger charge is -1.88. The van der Waals surface area contributed by atoms with Crippen LogP contribution in [0.15, 0.2) is 24.0 Å². The van der Waals surface area contributed by atoms with Gasteiger partial charge < -0.3 is 9.11 Å². The molecule has 0 rings (SSSR count). The molecule has 0 aliphatic carbocycles. The van der Waals surface area contributed by atoms with E-state index >= 15 is 0 Å². The van der Waals surface area contributed by atoms with Gasteiger partial charge in [0.15, 0.2) is 0 Å². The van der Waals surface area contributed by atoms with E-state index in [0.29, 0.717) is 0 Å². The van der Waals surface area contributed by atoms with Crippen molar-refractivity contribution in [3.8, 4) is 0 Å². The second-order valence-corrected chi connectivity index (χ2v) is 2.56. The van der Waals surface area contributed by atoms with Crippen molar-refractivity contribution in [3.63, 3.8) is 0 Å². The molecule has 6 heteroatoms. The van der Waals surface area contributed by atoms with E-state index in [9.17, 15) is 17.5 Å². The molecule has 0 aromatic rings. The van der Waals surface area contributed by atoms with E-state index in [4.69, 9.17) is 0 Å². The van der Waals surface area contributed by atoms with Crippen molar-refractivity contribution >= 4 is 22.2 Å². The van der Waals surface area contributed by atoms with Gasteiger partial charge in [0.1, 0.15) is 0 Å². The zero-order valence-electron chi connectivity index (χ0n) is 5.02. The topological polar surface area (TPSA) is 80.3 Å². The smallest absolute Gasteiger partial charge is 0.0187 e. The van der Waals surface area contributed by atoms with E-state index in [-0.39, 0.29) is 0 Å². The molecule has 0 bridgehead atoms. The van der Waals surface area contributed by atoms with Crippen molar-refractivity contribution in [2.24, 2.45) is 0 Å². The van der Waals surface area contributed by atoms with E-state index in [1.807, 2.05) is 0 Å². The van der Waals surface area contributed by atoms with Crippen LogP contribution in [-0.2, 0) is 22.2 Å². The predicted octanol–water partition coefficient (Wildman–Crippen LogP) is 0.0180. The highest BCUT2D eigenvalue weighted by atomic mass is 32.2. The third-order valence-electron chi connectivity index (χ3n) is 0.272. The summed E-state index contributed by atoms with van der Waals surface area (Å²) in [5.74, 6) is 0. The van der Waals surface area contributed by atoms with Gasteiger partial charge >= 0.3 is 0 Å². The Balaban J connectivity index is 0. The summed E-state index contributed by atoms with van der Waals surface area (Å²) in [5.41, 5.74) is 0. The molecule has 0 radical (unpaired) electrons. The first kappa shape index (κ1) is 12.4. The van der Waals surface area contributed by atoms with Crippen LogP contribution in [0.25, 0.3) is 0 Å². The van der Waals surface area contributed by atoms with Gasteiger partial charge in [-0.1, -0.05) is 13.2 Å². The third-order valence-corrected chi connectivity index (χ3v) is 0.816. The molecule has 0 aliphatic rings. The van der Waals surface area contributed by atoms with Crippen molar-refractivity contribution in [2.75, 3.05) is 0 Å². The molecular weight excluding hydrogens is 176 g/mol. The molecule has 0 saturated carbocycles. The van der Waals surface area contributed by atoms with Crippen molar-refractivity contribution in [1.29, 1.82) is 0 Å². The number of hydrogen-bond acceptors (Lipinski definition) is 4. The normalized spacial score (nSPS) is 13.8. The van der Waals surface area contributed by atoms with Gasteiger partial charge in [0.2, 0.25) is 0 Å². The molecule has 0 amide bonds. The van der Waals surface area contributed by atoms with Crippen molar-refractivity contribution < 1.29 is 17.5 Å². The fourth-order valence-corrected chi connectivity index (χ4v) is 0. The monoisotopic (exact) mass is 182 g/mol. The largest absolute Gasteiger partial charge is 0.769 e. The van der Waals surface area contributed by atoms with E-state index < -0.39 is 22.2 Å². The predicted molar refractivity (Wildman–Crippen MR) is 38.2 cm³/mol. The van der Waals surface area contributed by atoms with Gasteiger partial charge in [-0.25, -0.2) is 0 Å². The molecule has 0 N–H and O–H groups in total. The highest BCUT2D eigenvalue weighted by molar-refractivity contribution is 7.82. The minimum Gasteiger partial charge on any atom is -0.769 e. The molecule has 0 aliphatic heterocycles. The summed E-state index contributed by atoms with van der Waals surface area (Å²) in [5, 5.41) is 1.67. The molecule has 2 unspecified atom stereocenters. The summed E-state index contributed by atoms with van der Waals surface area (Å²) in [6.07, 6.45) is 0. The summed E-state index contributed by atoms with van der Waals surface area (Å²) in [4.78, 5) is 0. The van der Waals surface area contributed by atoms with Crippen LogP contribution in [-0.4, -0.2) is 17.5 Å². The molecule has 10 heavy (non-hydrogen) atoms. The van der Waals surface area contributed by atoms with Crippen LogP contribution in [0.4, 0.5) is 0 Å². The van der Waals surface area contributed by atoms with Crippen molar-refractivity contribution in [3.05, 3.63) is 24.0 Å². The Morgan fingerprint density at radius 3 is 1.10 bits per heavy atom. The Hall–Kier alpha value is -0.300. The molecule has 4 nitrogen and oxygen atoms in total. The quantitative estimate of drug-likeness (QED) is 0.564. The maximum atomic E-state index is 9.25. The Morgan fingerprint density at radius 2 is 1.10 bits per heavy atom. The molecule has 2 atom stereocenters. The Kier molecular flexibility index (Phi) is 10.8. The first-order valence-corrected chi connectivity index (χ1v) is 4.23. The van der Waals surface area contributed by atoms with E-state index in [1.165, 1.54) is 0 Å². The average Bonchev–Trinajstić information content (AvgIpc) is 1.89. The van der Waals surface area contributed by atoms with Crippen LogP contribution in [0.1, 0.15) is 0 Å². The average molecular weight is 182 g/mol. The molecule has 0 fully saturated rings. The van der Waals surface area contributed by atoms with Gasteiger partial charge in [0.25, 0.3) is 0 Å². The zero-order chi connectivity index (χ0) is 8.57. The maximum Gasteiger partial charge on any atom is -0.0187 e. The molecule has 0 aromatic heterocycles. The summed E-state index contributed by atoms with van der Waals surface area (Å²) >= 11 is -4.12. The van der Waals surface area contributed by atoms with Gasteiger partial charge in [0, 0.05) is 0 Å². The Morgan fingerprint density at radius 1 is 1.00 bits per heavy atom. The highest BCUT2D eigenvalue weighted by Crippen LogP contribution is 1.64. The van der Waals surface area contributed by atoms with Crippen molar-refractivity contribution in [2.45, 2.75) is 0 Å². The molecule has 0 saturated heterocycles. The summed E-state index contributed by atoms with van der Waals surface area (Å²) < 4.78 is 37.0. The lowest BCUT2D eigenvalue weighted by atomic mass is 11.3. The second-order valence-electron chi connectivity index (χ2n) is 0.854. The highest BCUT2D eigenvalue weighted by Gasteiger charge is 1.52. The minimum atomic E-state index is -2.06. The standard InChI is InChI=1S/2C2H4O2S/c2*1-2-5(3)4/h2*2H,1H2,(H,3,4)/p-2. The van der Waals surface area contributed by atoms with Crippen LogP contribution in [0.3, 0.4) is 0 Å². The molecule has 0 aromatic carbocycles. The van der Waals surface area contributed by atoms with Gasteiger partial charge in [0.05, 0.1) is 0 Å². The summed E-state index contributed by atoms with van der Waals surface area (Å²) in [7, 11) is 0. The first-order valence-electron chi connectivity index (χ1n) is 1.95. The van der Waals surface area contributed by atoms with Gasteiger partial charge in [-0.3, -0.25) is 8.42 Å². The van der Waals surface area contributed by atoms with E-state index in [1.54, 1.807) is 0 Å². The third kappa shape index (κ3) is 25.2. The Bertz CT molecular complexity index is 135. The molecule has 0 heterocycles. The first-order chi connectivity index (χ1) is 4.54. The molecule has 0 spiro atoms. The van der Waals surface area contributed by atoms with Crippen LogP contribution >= 0.6 is 0 Å². The fourth-order valence-electron chi connectivity index (χ4n) is 0. The SMILES string of the molecule is C=CS(=O)[O-].C=CS(=O)[O-]. The van der Waals surface area contributed by atoms with Gasteiger partial charge in [-0.2, -0.15) is 0 Å².